The normalized spacial score (nSPS) is 13.3. The molecule has 6 nitrogen and oxygen atoms in total. The van der Waals surface area contributed by atoms with E-state index < -0.39 is 0 Å². The molecular weight excluding hydrogens is 354 g/mol. The number of carbonyl (C=O) groups is 1. The summed E-state index contributed by atoms with van der Waals surface area (Å²) in [5, 5.41) is 9.04. The fraction of sp³-hybridized carbons (Fsp3) is 0.294. The highest BCUT2D eigenvalue weighted by Crippen LogP contribution is 2.30. The maximum absolute atomic E-state index is 12.4. The first-order valence-electron chi connectivity index (χ1n) is 8.13. The third-order valence-corrected chi connectivity index (χ3v) is 5.76. The van der Waals surface area contributed by atoms with Gasteiger partial charge in [0.25, 0.3) is 5.91 Å². The van der Waals surface area contributed by atoms with E-state index in [9.17, 15) is 4.79 Å². The van der Waals surface area contributed by atoms with Crippen LogP contribution in [0.1, 0.15) is 39.6 Å². The molecule has 0 atom stereocenters. The summed E-state index contributed by atoms with van der Waals surface area (Å²) in [6.07, 6.45) is 4.46. The number of hydrogen-bond acceptors (Lipinski definition) is 7. The van der Waals surface area contributed by atoms with Crippen molar-refractivity contribution in [1.29, 1.82) is 0 Å². The minimum absolute atomic E-state index is 0.229. The maximum atomic E-state index is 12.4. The van der Waals surface area contributed by atoms with Gasteiger partial charge < -0.3 is 5.32 Å². The van der Waals surface area contributed by atoms with E-state index in [1.807, 2.05) is 25.1 Å². The molecule has 0 radical (unpaired) electrons. The van der Waals surface area contributed by atoms with E-state index in [2.05, 4.69) is 25.6 Å². The van der Waals surface area contributed by atoms with Crippen molar-refractivity contribution in [2.45, 2.75) is 32.6 Å². The van der Waals surface area contributed by atoms with Crippen LogP contribution in [-0.2, 0) is 12.8 Å². The van der Waals surface area contributed by atoms with Crippen LogP contribution in [0.3, 0.4) is 0 Å². The van der Waals surface area contributed by atoms with Gasteiger partial charge in [0.15, 0.2) is 10.3 Å². The molecule has 0 aromatic carbocycles. The lowest BCUT2D eigenvalue weighted by molar-refractivity contribution is 0.102. The molecule has 3 aromatic rings. The molecule has 128 valence electrons. The summed E-state index contributed by atoms with van der Waals surface area (Å²) in [7, 11) is 0. The number of hydrogen-bond donors (Lipinski definition) is 2. The van der Waals surface area contributed by atoms with E-state index >= 15 is 0 Å². The second-order valence-electron chi connectivity index (χ2n) is 5.88. The lowest BCUT2D eigenvalue weighted by atomic mass is 10.0. The predicted molar refractivity (Wildman–Crippen MR) is 101 cm³/mol. The minimum atomic E-state index is -0.229. The number of amides is 1. The largest absolute Gasteiger partial charge is 0.316 e. The van der Waals surface area contributed by atoms with Gasteiger partial charge in [0.2, 0.25) is 0 Å². The van der Waals surface area contributed by atoms with Crippen molar-refractivity contribution in [2.24, 2.45) is 0 Å². The van der Waals surface area contributed by atoms with Crippen molar-refractivity contribution in [1.82, 2.24) is 15.0 Å². The standard InChI is InChI=1S/C17H17N5OS2/c1-10-5-4-8-14(18-10)21-16-20-12(9-24-16)15(23)22-17-19-11-6-2-3-7-13(11)25-17/h4-5,8-9H,2-3,6-7H2,1H3,(H,18,20,21)(H,19,22,23). The van der Waals surface area contributed by atoms with E-state index in [0.29, 0.717) is 21.8 Å². The van der Waals surface area contributed by atoms with Crippen molar-refractivity contribution in [3.63, 3.8) is 0 Å². The van der Waals surface area contributed by atoms with Gasteiger partial charge in [0.1, 0.15) is 11.5 Å². The van der Waals surface area contributed by atoms with Gasteiger partial charge in [0.05, 0.1) is 5.69 Å². The Hall–Kier alpha value is -2.32. The van der Waals surface area contributed by atoms with E-state index in [1.54, 1.807) is 16.7 Å². The average Bonchev–Trinajstić information content (AvgIpc) is 3.21. The average molecular weight is 371 g/mol. The number of nitrogens with zero attached hydrogens (tertiary/aromatic N) is 3. The van der Waals surface area contributed by atoms with Gasteiger partial charge in [-0.2, -0.15) is 0 Å². The zero-order chi connectivity index (χ0) is 17.2. The number of thiazole rings is 2. The van der Waals surface area contributed by atoms with Crippen LogP contribution in [0.2, 0.25) is 0 Å². The molecule has 0 unspecified atom stereocenters. The minimum Gasteiger partial charge on any atom is -0.316 e. The Morgan fingerprint density at radius 1 is 1.12 bits per heavy atom. The molecule has 0 aliphatic heterocycles. The van der Waals surface area contributed by atoms with Gasteiger partial charge in [-0.1, -0.05) is 6.07 Å². The van der Waals surface area contributed by atoms with Crippen molar-refractivity contribution in [2.75, 3.05) is 10.6 Å². The highest BCUT2D eigenvalue weighted by Gasteiger charge is 2.18. The van der Waals surface area contributed by atoms with Crippen LogP contribution >= 0.6 is 22.7 Å². The summed E-state index contributed by atoms with van der Waals surface area (Å²) < 4.78 is 0. The first kappa shape index (κ1) is 16.2. The van der Waals surface area contributed by atoms with Crippen LogP contribution in [-0.4, -0.2) is 20.9 Å². The summed E-state index contributed by atoms with van der Waals surface area (Å²) in [6, 6.07) is 5.73. The Labute approximate surface area is 153 Å². The van der Waals surface area contributed by atoms with Crippen LogP contribution in [0.5, 0.6) is 0 Å². The van der Waals surface area contributed by atoms with E-state index in [1.165, 1.54) is 29.1 Å². The summed E-state index contributed by atoms with van der Waals surface area (Å²) in [6.45, 7) is 1.93. The van der Waals surface area contributed by atoms with Gasteiger partial charge in [-0.3, -0.25) is 10.1 Å². The van der Waals surface area contributed by atoms with Crippen molar-refractivity contribution >= 4 is 44.7 Å². The van der Waals surface area contributed by atoms with Crippen LogP contribution in [0.15, 0.2) is 23.6 Å². The first-order chi connectivity index (χ1) is 12.2. The molecule has 25 heavy (non-hydrogen) atoms. The quantitative estimate of drug-likeness (QED) is 0.719. The zero-order valence-electron chi connectivity index (χ0n) is 13.7. The van der Waals surface area contributed by atoms with Gasteiger partial charge in [-0.05, 0) is 44.7 Å². The summed E-state index contributed by atoms with van der Waals surface area (Å²) in [4.78, 5) is 27.0. The Morgan fingerprint density at radius 2 is 2.00 bits per heavy atom. The second-order valence-corrected chi connectivity index (χ2v) is 7.82. The third kappa shape index (κ3) is 3.69. The molecule has 1 amide bonds. The van der Waals surface area contributed by atoms with Gasteiger partial charge in [-0.15, -0.1) is 22.7 Å². The van der Waals surface area contributed by atoms with Crippen molar-refractivity contribution in [3.8, 4) is 0 Å². The van der Waals surface area contributed by atoms with Gasteiger partial charge >= 0.3 is 0 Å². The van der Waals surface area contributed by atoms with Gasteiger partial charge in [0, 0.05) is 16.0 Å². The maximum Gasteiger partial charge on any atom is 0.276 e. The Kier molecular flexibility index (Phi) is 4.46. The molecule has 3 aromatic heterocycles. The smallest absolute Gasteiger partial charge is 0.276 e. The molecule has 0 spiro atoms. The number of nitrogens with one attached hydrogen (secondary N) is 2. The molecule has 4 rings (SSSR count). The van der Waals surface area contributed by atoms with E-state index in [4.69, 9.17) is 0 Å². The highest BCUT2D eigenvalue weighted by molar-refractivity contribution is 7.16. The Bertz CT molecular complexity index is 894. The molecule has 0 bridgehead atoms. The van der Waals surface area contributed by atoms with Crippen molar-refractivity contribution < 1.29 is 4.79 Å². The number of aromatic nitrogens is 3. The fourth-order valence-corrected chi connectivity index (χ4v) is 4.47. The summed E-state index contributed by atoms with van der Waals surface area (Å²) in [5.41, 5.74) is 2.44. The topological polar surface area (TPSA) is 79.8 Å². The highest BCUT2D eigenvalue weighted by atomic mass is 32.1. The molecule has 3 heterocycles. The predicted octanol–water partition coefficient (Wildman–Crippen LogP) is 4.18. The molecular formula is C17H17N5OS2. The molecule has 8 heteroatoms. The van der Waals surface area contributed by atoms with Crippen LogP contribution in [0.4, 0.5) is 16.1 Å². The van der Waals surface area contributed by atoms with Crippen LogP contribution < -0.4 is 10.6 Å². The Balaban J connectivity index is 1.44. The molecule has 0 fully saturated rings. The fourth-order valence-electron chi connectivity index (χ4n) is 2.72. The first-order valence-corrected chi connectivity index (χ1v) is 9.83. The number of fused-ring (bicyclic) bond motifs is 1. The van der Waals surface area contributed by atoms with Gasteiger partial charge in [-0.25, -0.2) is 15.0 Å². The summed E-state index contributed by atoms with van der Waals surface area (Å²) >= 11 is 2.95. The summed E-state index contributed by atoms with van der Waals surface area (Å²) in [5.74, 6) is 0.488. The van der Waals surface area contributed by atoms with Crippen LogP contribution in [0.25, 0.3) is 0 Å². The molecule has 0 saturated heterocycles. The number of pyridine rings is 1. The van der Waals surface area contributed by atoms with E-state index in [0.717, 1.165) is 24.2 Å². The number of aryl methyl sites for hydroxylation is 3. The Morgan fingerprint density at radius 3 is 2.84 bits per heavy atom. The molecule has 1 aliphatic carbocycles. The van der Waals surface area contributed by atoms with E-state index in [-0.39, 0.29) is 5.91 Å². The third-order valence-electron chi connectivity index (χ3n) is 3.93. The SMILES string of the molecule is Cc1cccc(Nc2nc(C(=O)Nc3nc4c(s3)CCCC4)cs2)n1. The lowest BCUT2D eigenvalue weighted by Crippen LogP contribution is -2.12. The lowest BCUT2D eigenvalue weighted by Gasteiger charge is -2.06. The monoisotopic (exact) mass is 371 g/mol. The molecule has 0 saturated carbocycles. The molecule has 2 N–H and O–H groups in total. The van der Waals surface area contributed by atoms with Crippen molar-refractivity contribution in [3.05, 3.63) is 45.5 Å². The molecule has 1 aliphatic rings. The van der Waals surface area contributed by atoms with Crippen LogP contribution in [0, 0.1) is 6.92 Å². The number of carbonyl (C=O) groups excluding carboxylic acids is 1. The number of rotatable bonds is 4. The zero-order valence-corrected chi connectivity index (χ0v) is 15.3. The number of anilines is 3. The second kappa shape index (κ2) is 6.89.